The fourth-order valence-corrected chi connectivity index (χ4v) is 2.79. The number of nitrogens with one attached hydrogen (secondary N) is 1. The Labute approximate surface area is 112 Å². The summed E-state index contributed by atoms with van der Waals surface area (Å²) in [6, 6.07) is 0. The van der Waals surface area contributed by atoms with Crippen LogP contribution in [-0.4, -0.2) is 24.3 Å². The van der Waals surface area contributed by atoms with Crippen molar-refractivity contribution in [1.82, 2.24) is 24.3 Å². The summed E-state index contributed by atoms with van der Waals surface area (Å²) in [5.74, 6) is 0.435. The molecule has 3 aromatic rings. The van der Waals surface area contributed by atoms with Crippen LogP contribution in [0.4, 0.5) is 5.95 Å². The van der Waals surface area contributed by atoms with Crippen LogP contribution in [0.1, 0.15) is 18.3 Å². The lowest BCUT2D eigenvalue weighted by molar-refractivity contribution is 0.714. The highest BCUT2D eigenvalue weighted by atomic mass is 32.1. The molecule has 19 heavy (non-hydrogen) atoms. The Morgan fingerprint density at radius 2 is 2.32 bits per heavy atom. The minimum Gasteiger partial charge on any atom is -0.369 e. The van der Waals surface area contributed by atoms with Crippen LogP contribution in [0.25, 0.3) is 11.2 Å². The molecule has 3 aromatic heterocycles. The number of nitrogens with two attached hydrogens (primary N) is 1. The first-order valence-electron chi connectivity index (χ1n) is 5.94. The quantitative estimate of drug-likeness (QED) is 0.737. The Hall–Kier alpha value is -2.09. The first-order valence-corrected chi connectivity index (χ1v) is 6.82. The fourth-order valence-electron chi connectivity index (χ4n) is 2.21. The molecular formula is C11H14N6OS. The van der Waals surface area contributed by atoms with Gasteiger partial charge in [0.2, 0.25) is 5.95 Å². The predicted octanol–water partition coefficient (Wildman–Crippen LogP) is 0.713. The second kappa shape index (κ2) is 4.23. The van der Waals surface area contributed by atoms with Gasteiger partial charge in [-0.3, -0.25) is 14.0 Å². The standard InChI is InChI=1S/C11H14N6OS/c1-3-7-8-9(16(2)15-7)17(10(12)14-8)4-6-5-19-11(18)13-6/h5H,3-4H2,1-2H3,(H2,12,14)(H,13,18). The topological polar surface area (TPSA) is 94.5 Å². The number of hydrogen-bond acceptors (Lipinski definition) is 5. The smallest absolute Gasteiger partial charge is 0.304 e. The van der Waals surface area contributed by atoms with Gasteiger partial charge in [-0.2, -0.15) is 5.10 Å². The fraction of sp³-hybridized carbons (Fsp3) is 0.364. The Balaban J connectivity index is 2.15. The number of nitrogen functional groups attached to an aromatic ring is 1. The highest BCUT2D eigenvalue weighted by molar-refractivity contribution is 7.07. The molecule has 0 aliphatic rings. The monoisotopic (exact) mass is 278 g/mol. The number of H-pyrrole nitrogens is 1. The summed E-state index contributed by atoms with van der Waals surface area (Å²) in [7, 11) is 1.87. The van der Waals surface area contributed by atoms with E-state index in [1.807, 2.05) is 18.5 Å². The molecule has 0 saturated carbocycles. The summed E-state index contributed by atoms with van der Waals surface area (Å²) in [4.78, 5) is 18.3. The van der Waals surface area contributed by atoms with E-state index in [0.29, 0.717) is 12.5 Å². The van der Waals surface area contributed by atoms with E-state index in [1.54, 1.807) is 10.1 Å². The number of aryl methyl sites for hydroxylation is 2. The molecule has 0 atom stereocenters. The molecule has 0 bridgehead atoms. The zero-order valence-electron chi connectivity index (χ0n) is 10.7. The number of anilines is 1. The van der Waals surface area contributed by atoms with Gasteiger partial charge >= 0.3 is 4.87 Å². The van der Waals surface area contributed by atoms with E-state index in [4.69, 9.17) is 5.73 Å². The van der Waals surface area contributed by atoms with E-state index < -0.39 is 0 Å². The number of thiazole rings is 1. The highest BCUT2D eigenvalue weighted by Crippen LogP contribution is 2.22. The molecule has 0 amide bonds. The summed E-state index contributed by atoms with van der Waals surface area (Å²) in [6.45, 7) is 2.52. The van der Waals surface area contributed by atoms with Gasteiger partial charge in [0.05, 0.1) is 12.2 Å². The van der Waals surface area contributed by atoms with Crippen molar-refractivity contribution in [1.29, 1.82) is 0 Å². The second-order valence-electron chi connectivity index (χ2n) is 4.33. The van der Waals surface area contributed by atoms with Gasteiger partial charge in [-0.05, 0) is 6.42 Å². The van der Waals surface area contributed by atoms with E-state index in [-0.39, 0.29) is 4.87 Å². The molecule has 0 unspecified atom stereocenters. The normalized spacial score (nSPS) is 11.5. The molecule has 3 heterocycles. The molecule has 100 valence electrons. The molecule has 3 N–H and O–H groups in total. The number of fused-ring (bicyclic) bond motifs is 1. The van der Waals surface area contributed by atoms with Crippen molar-refractivity contribution in [3.8, 4) is 0 Å². The van der Waals surface area contributed by atoms with Gasteiger partial charge in [-0.25, -0.2) is 4.98 Å². The first kappa shape index (κ1) is 12.0. The minimum absolute atomic E-state index is 0.0656. The Morgan fingerprint density at radius 1 is 1.53 bits per heavy atom. The summed E-state index contributed by atoms with van der Waals surface area (Å²) < 4.78 is 3.64. The van der Waals surface area contributed by atoms with Crippen molar-refractivity contribution in [2.24, 2.45) is 7.05 Å². The van der Waals surface area contributed by atoms with Crippen molar-refractivity contribution in [3.05, 3.63) is 26.4 Å². The SMILES string of the molecule is CCc1nn(C)c2c1nc(N)n2Cc1csc(=O)[nH]1. The summed E-state index contributed by atoms with van der Waals surface area (Å²) >= 11 is 1.14. The summed E-state index contributed by atoms with van der Waals surface area (Å²) in [5.41, 5.74) is 9.43. The van der Waals surface area contributed by atoms with Crippen LogP contribution in [0.2, 0.25) is 0 Å². The van der Waals surface area contributed by atoms with Crippen LogP contribution in [0.15, 0.2) is 10.2 Å². The molecule has 3 rings (SSSR count). The summed E-state index contributed by atoms with van der Waals surface area (Å²) in [5, 5.41) is 6.22. The van der Waals surface area contributed by atoms with Gasteiger partial charge in [0, 0.05) is 18.1 Å². The van der Waals surface area contributed by atoms with Crippen LogP contribution in [0.5, 0.6) is 0 Å². The Bertz CT molecular complexity index is 792. The van der Waals surface area contributed by atoms with E-state index >= 15 is 0 Å². The van der Waals surface area contributed by atoms with Gasteiger partial charge in [0.25, 0.3) is 0 Å². The molecule has 0 saturated heterocycles. The second-order valence-corrected chi connectivity index (χ2v) is 5.17. The van der Waals surface area contributed by atoms with Gasteiger partial charge in [0.15, 0.2) is 5.65 Å². The Morgan fingerprint density at radius 3 is 2.95 bits per heavy atom. The maximum Gasteiger partial charge on any atom is 0.304 e. The van der Waals surface area contributed by atoms with Crippen molar-refractivity contribution in [3.63, 3.8) is 0 Å². The number of imidazole rings is 1. The largest absolute Gasteiger partial charge is 0.369 e. The number of nitrogens with zero attached hydrogens (tertiary/aromatic N) is 4. The van der Waals surface area contributed by atoms with Crippen molar-refractivity contribution in [2.75, 3.05) is 5.73 Å². The third kappa shape index (κ3) is 1.84. The van der Waals surface area contributed by atoms with E-state index in [0.717, 1.165) is 40.3 Å². The van der Waals surface area contributed by atoms with Crippen LogP contribution in [0.3, 0.4) is 0 Å². The van der Waals surface area contributed by atoms with Crippen molar-refractivity contribution < 1.29 is 0 Å². The van der Waals surface area contributed by atoms with Crippen molar-refractivity contribution >= 4 is 28.4 Å². The number of hydrogen-bond donors (Lipinski definition) is 2. The van der Waals surface area contributed by atoms with E-state index in [9.17, 15) is 4.79 Å². The molecule has 0 radical (unpaired) electrons. The molecule has 7 nitrogen and oxygen atoms in total. The maximum atomic E-state index is 11.2. The van der Waals surface area contributed by atoms with Gasteiger partial charge < -0.3 is 10.7 Å². The molecule has 0 aromatic carbocycles. The lowest BCUT2D eigenvalue weighted by atomic mass is 10.3. The van der Waals surface area contributed by atoms with Gasteiger partial charge in [-0.1, -0.05) is 18.3 Å². The van der Waals surface area contributed by atoms with Crippen LogP contribution >= 0.6 is 11.3 Å². The van der Waals surface area contributed by atoms with E-state index in [1.165, 1.54) is 0 Å². The zero-order valence-corrected chi connectivity index (χ0v) is 11.5. The average molecular weight is 278 g/mol. The number of rotatable bonds is 3. The molecule has 0 fully saturated rings. The molecule has 8 heteroatoms. The molecule has 0 aliphatic heterocycles. The molecular weight excluding hydrogens is 264 g/mol. The van der Waals surface area contributed by atoms with E-state index in [2.05, 4.69) is 15.1 Å². The number of aromatic amines is 1. The lowest BCUT2D eigenvalue weighted by Gasteiger charge is -2.04. The lowest BCUT2D eigenvalue weighted by Crippen LogP contribution is -2.09. The molecule has 0 spiro atoms. The predicted molar refractivity (Wildman–Crippen MR) is 74.3 cm³/mol. The van der Waals surface area contributed by atoms with Crippen LogP contribution in [-0.2, 0) is 20.0 Å². The summed E-state index contributed by atoms with van der Waals surface area (Å²) in [6.07, 6.45) is 0.809. The van der Waals surface area contributed by atoms with Gasteiger partial charge in [0.1, 0.15) is 5.52 Å². The third-order valence-corrected chi connectivity index (χ3v) is 3.77. The average Bonchev–Trinajstić information content (AvgIpc) is 3.00. The van der Waals surface area contributed by atoms with Crippen LogP contribution < -0.4 is 10.6 Å². The number of aromatic nitrogens is 5. The molecule has 0 aliphatic carbocycles. The maximum absolute atomic E-state index is 11.2. The zero-order chi connectivity index (χ0) is 13.6. The minimum atomic E-state index is -0.0656. The van der Waals surface area contributed by atoms with Gasteiger partial charge in [-0.15, -0.1) is 0 Å². The Kier molecular flexibility index (Phi) is 2.67. The first-order chi connectivity index (χ1) is 9.10. The van der Waals surface area contributed by atoms with Crippen molar-refractivity contribution in [2.45, 2.75) is 19.9 Å². The highest BCUT2D eigenvalue weighted by Gasteiger charge is 2.17. The third-order valence-electron chi connectivity index (χ3n) is 3.06. The van der Waals surface area contributed by atoms with Crippen LogP contribution in [0, 0.1) is 0 Å².